The van der Waals surface area contributed by atoms with Crippen LogP contribution in [-0.2, 0) is 11.2 Å². The quantitative estimate of drug-likeness (QED) is 0.574. The Labute approximate surface area is 106 Å². The van der Waals surface area contributed by atoms with Crippen LogP contribution < -0.4 is 0 Å². The fraction of sp³-hybridized carbons (Fsp3) is 0.385. The Morgan fingerprint density at radius 2 is 2.20 bits per heavy atom. The van der Waals surface area contributed by atoms with Crippen LogP contribution in [0.1, 0.15) is 17.5 Å². The molecule has 0 spiro atoms. The summed E-state index contributed by atoms with van der Waals surface area (Å²) in [6.45, 7) is 4.66. The van der Waals surface area contributed by atoms with Gasteiger partial charge in [-0.05, 0) is 24.0 Å². The standard InChI is InChI=1S/C13H17IO/c1-3-11-6-4-5-7-12(11)8-9-13(14)10-15-2/h3-7,13H,1,8-10H2,2H3. The van der Waals surface area contributed by atoms with E-state index in [0.29, 0.717) is 3.92 Å². The molecule has 0 aliphatic carbocycles. The van der Waals surface area contributed by atoms with E-state index in [-0.39, 0.29) is 0 Å². The second-order valence-corrected chi connectivity index (χ2v) is 5.26. The van der Waals surface area contributed by atoms with Crippen LogP contribution in [0.25, 0.3) is 6.08 Å². The van der Waals surface area contributed by atoms with E-state index in [1.807, 2.05) is 6.08 Å². The van der Waals surface area contributed by atoms with Crippen molar-refractivity contribution in [3.05, 3.63) is 42.0 Å². The van der Waals surface area contributed by atoms with Crippen molar-refractivity contribution < 1.29 is 4.74 Å². The molecule has 0 aliphatic rings. The van der Waals surface area contributed by atoms with E-state index in [9.17, 15) is 0 Å². The molecule has 0 N–H and O–H groups in total. The third-order valence-corrected chi connectivity index (χ3v) is 3.33. The summed E-state index contributed by atoms with van der Waals surface area (Å²) in [6.07, 6.45) is 4.17. The highest BCUT2D eigenvalue weighted by Crippen LogP contribution is 2.16. The SMILES string of the molecule is C=Cc1ccccc1CCC(I)COC. The summed E-state index contributed by atoms with van der Waals surface area (Å²) >= 11 is 2.44. The van der Waals surface area contributed by atoms with Crippen LogP contribution in [0.15, 0.2) is 30.8 Å². The van der Waals surface area contributed by atoms with Gasteiger partial charge in [-0.3, -0.25) is 0 Å². The molecule has 2 heteroatoms. The lowest BCUT2D eigenvalue weighted by Gasteiger charge is -2.10. The first-order chi connectivity index (χ1) is 7.27. The molecule has 1 aromatic rings. The van der Waals surface area contributed by atoms with E-state index in [1.54, 1.807) is 7.11 Å². The average molecular weight is 316 g/mol. The Morgan fingerprint density at radius 3 is 2.87 bits per heavy atom. The predicted molar refractivity (Wildman–Crippen MR) is 74.5 cm³/mol. The predicted octanol–water partition coefficient (Wildman–Crippen LogP) is 3.71. The van der Waals surface area contributed by atoms with Crippen LogP contribution in [0.4, 0.5) is 0 Å². The number of halogens is 1. The number of alkyl halides is 1. The molecule has 82 valence electrons. The van der Waals surface area contributed by atoms with Crippen molar-refractivity contribution in [3.8, 4) is 0 Å². The van der Waals surface area contributed by atoms with E-state index >= 15 is 0 Å². The Hall–Kier alpha value is -0.350. The van der Waals surface area contributed by atoms with E-state index in [1.165, 1.54) is 11.1 Å². The number of hydrogen-bond donors (Lipinski definition) is 0. The lowest BCUT2D eigenvalue weighted by atomic mass is 10.0. The molecule has 1 nitrogen and oxygen atoms in total. The van der Waals surface area contributed by atoms with Crippen molar-refractivity contribution in [3.63, 3.8) is 0 Å². The van der Waals surface area contributed by atoms with Crippen LogP contribution in [0, 0.1) is 0 Å². The summed E-state index contributed by atoms with van der Waals surface area (Å²) in [6, 6.07) is 8.42. The zero-order chi connectivity index (χ0) is 11.1. The molecule has 0 aromatic heterocycles. The monoisotopic (exact) mass is 316 g/mol. The lowest BCUT2D eigenvalue weighted by Crippen LogP contribution is -2.07. The van der Waals surface area contributed by atoms with Crippen LogP contribution in [0.3, 0.4) is 0 Å². The Bertz CT molecular complexity index is 309. The third-order valence-electron chi connectivity index (χ3n) is 2.35. The number of benzene rings is 1. The minimum atomic E-state index is 0.588. The van der Waals surface area contributed by atoms with Gasteiger partial charge in [0, 0.05) is 11.0 Å². The molecule has 0 saturated heterocycles. The maximum atomic E-state index is 5.12. The summed E-state index contributed by atoms with van der Waals surface area (Å²) in [5.74, 6) is 0. The number of hydrogen-bond acceptors (Lipinski definition) is 1. The fourth-order valence-corrected chi connectivity index (χ4v) is 2.21. The van der Waals surface area contributed by atoms with Crippen LogP contribution in [0.5, 0.6) is 0 Å². The summed E-state index contributed by atoms with van der Waals surface area (Å²) < 4.78 is 5.71. The van der Waals surface area contributed by atoms with Gasteiger partial charge in [-0.15, -0.1) is 0 Å². The number of rotatable bonds is 6. The lowest BCUT2D eigenvalue weighted by molar-refractivity contribution is 0.200. The summed E-state index contributed by atoms with van der Waals surface area (Å²) in [7, 11) is 1.75. The first-order valence-electron chi connectivity index (χ1n) is 5.11. The van der Waals surface area contributed by atoms with Gasteiger partial charge >= 0.3 is 0 Å². The molecule has 0 aliphatic heterocycles. The second kappa shape index (κ2) is 7.01. The molecule has 0 amide bonds. The van der Waals surface area contributed by atoms with Gasteiger partial charge in [0.2, 0.25) is 0 Å². The van der Waals surface area contributed by atoms with Gasteiger partial charge in [0.25, 0.3) is 0 Å². The van der Waals surface area contributed by atoms with Gasteiger partial charge in [0.1, 0.15) is 0 Å². The van der Waals surface area contributed by atoms with E-state index in [0.717, 1.165) is 19.4 Å². The van der Waals surface area contributed by atoms with Crippen molar-refractivity contribution in [2.24, 2.45) is 0 Å². The van der Waals surface area contributed by atoms with Crippen molar-refractivity contribution in [2.75, 3.05) is 13.7 Å². The largest absolute Gasteiger partial charge is 0.384 e. The molecule has 0 bridgehead atoms. The van der Waals surface area contributed by atoms with Crippen LogP contribution in [-0.4, -0.2) is 17.6 Å². The van der Waals surface area contributed by atoms with Crippen LogP contribution in [0.2, 0.25) is 0 Å². The first-order valence-corrected chi connectivity index (χ1v) is 6.36. The second-order valence-electron chi connectivity index (χ2n) is 3.49. The Kier molecular flexibility index (Phi) is 5.95. The van der Waals surface area contributed by atoms with Gasteiger partial charge in [0.15, 0.2) is 0 Å². The molecular weight excluding hydrogens is 299 g/mol. The van der Waals surface area contributed by atoms with Gasteiger partial charge in [-0.1, -0.05) is 59.5 Å². The molecule has 15 heavy (non-hydrogen) atoms. The molecule has 0 saturated carbocycles. The van der Waals surface area contributed by atoms with Gasteiger partial charge < -0.3 is 4.74 Å². The van der Waals surface area contributed by atoms with Crippen LogP contribution >= 0.6 is 22.6 Å². The molecule has 0 heterocycles. The maximum Gasteiger partial charge on any atom is 0.0580 e. The van der Waals surface area contributed by atoms with E-state index in [4.69, 9.17) is 4.74 Å². The number of ether oxygens (including phenoxy) is 1. The number of methoxy groups -OCH3 is 1. The molecule has 1 aromatic carbocycles. The molecule has 1 rings (SSSR count). The summed E-state index contributed by atoms with van der Waals surface area (Å²) in [4.78, 5) is 0. The Balaban J connectivity index is 2.53. The molecule has 0 fully saturated rings. The minimum absolute atomic E-state index is 0.588. The smallest absolute Gasteiger partial charge is 0.0580 e. The first kappa shape index (κ1) is 12.7. The third kappa shape index (κ3) is 4.34. The maximum absolute atomic E-state index is 5.12. The molecule has 1 atom stereocenters. The molecular formula is C13H17IO. The minimum Gasteiger partial charge on any atom is -0.384 e. The summed E-state index contributed by atoms with van der Waals surface area (Å²) in [5.41, 5.74) is 2.63. The van der Waals surface area contributed by atoms with E-state index in [2.05, 4.69) is 53.4 Å². The zero-order valence-electron chi connectivity index (χ0n) is 9.08. The fourth-order valence-electron chi connectivity index (χ4n) is 1.54. The highest BCUT2D eigenvalue weighted by Gasteiger charge is 2.05. The normalized spacial score (nSPS) is 12.4. The molecule has 0 radical (unpaired) electrons. The van der Waals surface area contributed by atoms with Crippen molar-refractivity contribution in [1.29, 1.82) is 0 Å². The molecule has 1 unspecified atom stereocenters. The van der Waals surface area contributed by atoms with E-state index < -0.39 is 0 Å². The highest BCUT2D eigenvalue weighted by atomic mass is 127. The average Bonchev–Trinajstić information content (AvgIpc) is 2.27. The zero-order valence-corrected chi connectivity index (χ0v) is 11.2. The topological polar surface area (TPSA) is 9.23 Å². The van der Waals surface area contributed by atoms with Gasteiger partial charge in [-0.25, -0.2) is 0 Å². The van der Waals surface area contributed by atoms with Gasteiger partial charge in [0.05, 0.1) is 6.61 Å². The summed E-state index contributed by atoms with van der Waals surface area (Å²) in [5, 5.41) is 0. The number of aryl methyl sites for hydroxylation is 1. The van der Waals surface area contributed by atoms with Crippen molar-refractivity contribution >= 4 is 28.7 Å². The van der Waals surface area contributed by atoms with Crippen molar-refractivity contribution in [1.82, 2.24) is 0 Å². The Morgan fingerprint density at radius 1 is 1.47 bits per heavy atom. The van der Waals surface area contributed by atoms with Crippen molar-refractivity contribution in [2.45, 2.75) is 16.8 Å². The highest BCUT2D eigenvalue weighted by molar-refractivity contribution is 14.1. The van der Waals surface area contributed by atoms with Gasteiger partial charge in [-0.2, -0.15) is 0 Å².